The first-order valence-electron chi connectivity index (χ1n) is 6.32. The van der Waals surface area contributed by atoms with Gasteiger partial charge in [-0.05, 0) is 19.1 Å². The van der Waals surface area contributed by atoms with Gasteiger partial charge in [0.1, 0.15) is 5.82 Å². The first-order valence-corrected chi connectivity index (χ1v) is 6.32. The molecule has 2 aromatic rings. The van der Waals surface area contributed by atoms with E-state index >= 15 is 0 Å². The summed E-state index contributed by atoms with van der Waals surface area (Å²) in [5, 5.41) is 9.63. The number of allylic oxidation sites excluding steroid dienone is 3. The van der Waals surface area contributed by atoms with E-state index in [0.29, 0.717) is 30.4 Å². The molecule has 0 spiro atoms. The Morgan fingerprint density at radius 2 is 2.40 bits per heavy atom. The van der Waals surface area contributed by atoms with E-state index in [-0.39, 0.29) is 5.91 Å². The molecule has 0 aromatic carbocycles. The third-order valence-electron chi connectivity index (χ3n) is 2.49. The fraction of sp³-hybridized carbons (Fsp3) is 0.214. The van der Waals surface area contributed by atoms with Gasteiger partial charge >= 0.3 is 0 Å². The zero-order valence-electron chi connectivity index (χ0n) is 11.2. The summed E-state index contributed by atoms with van der Waals surface area (Å²) < 4.78 is 5.20. The van der Waals surface area contributed by atoms with Gasteiger partial charge in [-0.15, -0.1) is 0 Å². The molecule has 0 saturated carbocycles. The van der Waals surface area contributed by atoms with E-state index in [1.54, 1.807) is 30.5 Å². The van der Waals surface area contributed by atoms with Gasteiger partial charge in [-0.2, -0.15) is 5.10 Å². The van der Waals surface area contributed by atoms with Crippen LogP contribution in [0.25, 0.3) is 11.6 Å². The number of carbonyl (C=O) groups is 1. The highest BCUT2D eigenvalue weighted by molar-refractivity contribution is 5.87. The van der Waals surface area contributed by atoms with E-state index in [1.165, 1.54) is 6.08 Å². The van der Waals surface area contributed by atoms with Crippen LogP contribution in [0.2, 0.25) is 0 Å². The number of hydrogen-bond acceptors (Lipinski definition) is 4. The van der Waals surface area contributed by atoms with E-state index in [2.05, 4.69) is 20.5 Å². The minimum absolute atomic E-state index is 0.131. The molecule has 2 heterocycles. The lowest BCUT2D eigenvalue weighted by atomic mass is 10.3. The number of H-pyrrole nitrogens is 1. The maximum absolute atomic E-state index is 11.4. The molecule has 0 radical (unpaired) electrons. The van der Waals surface area contributed by atoms with Crippen LogP contribution in [0.1, 0.15) is 12.7 Å². The molecule has 0 fully saturated rings. The summed E-state index contributed by atoms with van der Waals surface area (Å²) in [5.41, 5.74) is 0. The summed E-state index contributed by atoms with van der Waals surface area (Å²) in [5.74, 6) is 1.71. The zero-order valence-corrected chi connectivity index (χ0v) is 11.2. The van der Waals surface area contributed by atoms with Crippen molar-refractivity contribution in [3.63, 3.8) is 0 Å². The van der Waals surface area contributed by atoms with Crippen LogP contribution >= 0.6 is 0 Å². The highest BCUT2D eigenvalue weighted by Gasteiger charge is 2.07. The van der Waals surface area contributed by atoms with Crippen LogP contribution in [0.15, 0.2) is 47.1 Å². The third kappa shape index (κ3) is 3.94. The zero-order chi connectivity index (χ0) is 14.2. The number of rotatable bonds is 6. The molecule has 0 saturated heterocycles. The summed E-state index contributed by atoms with van der Waals surface area (Å²) in [6, 6.07) is 3.57. The number of aromatic nitrogens is 3. The van der Waals surface area contributed by atoms with Crippen molar-refractivity contribution in [1.29, 1.82) is 0 Å². The van der Waals surface area contributed by atoms with Gasteiger partial charge in [-0.3, -0.25) is 9.89 Å². The van der Waals surface area contributed by atoms with Crippen LogP contribution in [0.3, 0.4) is 0 Å². The standard InChI is InChI=1S/C14H16N4O2/c1-2-3-4-7-13(19)15-9-8-12-16-14(18-17-12)11-6-5-10-20-11/h2-7,10H,8-9H2,1H3,(H,15,19)(H,16,17,18)/b3-2+,7-4+. The smallest absolute Gasteiger partial charge is 0.243 e. The highest BCUT2D eigenvalue weighted by atomic mass is 16.3. The maximum atomic E-state index is 11.4. The average molecular weight is 272 g/mol. The number of aromatic amines is 1. The number of nitrogens with zero attached hydrogens (tertiary/aromatic N) is 2. The SMILES string of the molecule is C/C=C/C=C/C(=O)NCCc1nc(-c2ccco2)n[nH]1. The van der Waals surface area contributed by atoms with Crippen LogP contribution in [0.5, 0.6) is 0 Å². The molecule has 0 bridgehead atoms. The van der Waals surface area contributed by atoms with Crippen molar-refractivity contribution in [1.82, 2.24) is 20.5 Å². The maximum Gasteiger partial charge on any atom is 0.243 e. The van der Waals surface area contributed by atoms with E-state index in [9.17, 15) is 4.79 Å². The van der Waals surface area contributed by atoms with Gasteiger partial charge in [0, 0.05) is 19.0 Å². The lowest BCUT2D eigenvalue weighted by Gasteiger charge is -1.98. The second-order valence-electron chi connectivity index (χ2n) is 4.01. The first kappa shape index (κ1) is 13.8. The molecule has 0 aliphatic carbocycles. The Kier molecular flexibility index (Phi) is 4.88. The van der Waals surface area contributed by atoms with E-state index in [4.69, 9.17) is 4.42 Å². The van der Waals surface area contributed by atoms with Crippen molar-refractivity contribution in [3.8, 4) is 11.6 Å². The average Bonchev–Trinajstić information content (AvgIpc) is 3.09. The van der Waals surface area contributed by atoms with Crippen LogP contribution in [-0.4, -0.2) is 27.6 Å². The summed E-state index contributed by atoms with van der Waals surface area (Å²) in [4.78, 5) is 15.7. The Bertz CT molecular complexity index is 596. The minimum atomic E-state index is -0.131. The Morgan fingerprint density at radius 3 is 3.15 bits per heavy atom. The van der Waals surface area contributed by atoms with Gasteiger partial charge in [0.2, 0.25) is 11.7 Å². The van der Waals surface area contributed by atoms with Gasteiger partial charge in [0.15, 0.2) is 5.76 Å². The molecule has 2 rings (SSSR count). The van der Waals surface area contributed by atoms with E-state index < -0.39 is 0 Å². The Balaban J connectivity index is 1.79. The van der Waals surface area contributed by atoms with Crippen molar-refractivity contribution in [2.24, 2.45) is 0 Å². The number of carbonyl (C=O) groups excluding carboxylic acids is 1. The fourth-order valence-corrected chi connectivity index (χ4v) is 1.54. The van der Waals surface area contributed by atoms with E-state index in [1.807, 2.05) is 13.0 Å². The third-order valence-corrected chi connectivity index (χ3v) is 2.49. The molecule has 0 unspecified atom stereocenters. The lowest BCUT2D eigenvalue weighted by molar-refractivity contribution is -0.116. The van der Waals surface area contributed by atoms with Crippen LogP contribution in [0, 0.1) is 0 Å². The molecule has 6 heteroatoms. The van der Waals surface area contributed by atoms with Gasteiger partial charge in [-0.1, -0.05) is 18.2 Å². The molecule has 0 aliphatic rings. The molecule has 2 aromatic heterocycles. The van der Waals surface area contributed by atoms with Gasteiger partial charge in [0.05, 0.1) is 6.26 Å². The van der Waals surface area contributed by atoms with Gasteiger partial charge in [-0.25, -0.2) is 4.98 Å². The largest absolute Gasteiger partial charge is 0.461 e. The summed E-state index contributed by atoms with van der Waals surface area (Å²) in [6.45, 7) is 2.38. The van der Waals surface area contributed by atoms with Crippen LogP contribution < -0.4 is 5.32 Å². The fourth-order valence-electron chi connectivity index (χ4n) is 1.54. The quantitative estimate of drug-likeness (QED) is 0.621. The summed E-state index contributed by atoms with van der Waals surface area (Å²) in [6.07, 6.45) is 8.98. The minimum Gasteiger partial charge on any atom is -0.461 e. The number of nitrogens with one attached hydrogen (secondary N) is 2. The predicted molar refractivity (Wildman–Crippen MR) is 74.8 cm³/mol. The van der Waals surface area contributed by atoms with Gasteiger partial charge in [0.25, 0.3) is 0 Å². The van der Waals surface area contributed by atoms with Crippen molar-refractivity contribution < 1.29 is 9.21 Å². The molecule has 0 aliphatic heterocycles. The Morgan fingerprint density at radius 1 is 1.50 bits per heavy atom. The topological polar surface area (TPSA) is 83.8 Å². The number of hydrogen-bond donors (Lipinski definition) is 2. The van der Waals surface area contributed by atoms with E-state index in [0.717, 1.165) is 0 Å². The normalized spacial score (nSPS) is 11.4. The van der Waals surface area contributed by atoms with Crippen LogP contribution in [-0.2, 0) is 11.2 Å². The first-order chi connectivity index (χ1) is 9.79. The Hall–Kier alpha value is -2.63. The molecule has 2 N–H and O–H groups in total. The molecule has 0 atom stereocenters. The van der Waals surface area contributed by atoms with Crippen molar-refractivity contribution >= 4 is 5.91 Å². The molecule has 6 nitrogen and oxygen atoms in total. The predicted octanol–water partition coefficient (Wildman–Crippen LogP) is 1.86. The number of amides is 1. The van der Waals surface area contributed by atoms with Crippen molar-refractivity contribution in [2.45, 2.75) is 13.3 Å². The second kappa shape index (κ2) is 7.08. The Labute approximate surface area is 116 Å². The lowest BCUT2D eigenvalue weighted by Crippen LogP contribution is -2.23. The molecular formula is C14H16N4O2. The monoisotopic (exact) mass is 272 g/mol. The van der Waals surface area contributed by atoms with Gasteiger partial charge < -0.3 is 9.73 Å². The molecule has 20 heavy (non-hydrogen) atoms. The molecule has 1 amide bonds. The summed E-state index contributed by atoms with van der Waals surface area (Å²) in [7, 11) is 0. The van der Waals surface area contributed by atoms with Crippen molar-refractivity contribution in [2.75, 3.05) is 6.54 Å². The summed E-state index contributed by atoms with van der Waals surface area (Å²) >= 11 is 0. The molecular weight excluding hydrogens is 256 g/mol. The van der Waals surface area contributed by atoms with Crippen molar-refractivity contribution in [3.05, 3.63) is 48.5 Å². The molecule has 104 valence electrons. The number of furan rings is 1. The second-order valence-corrected chi connectivity index (χ2v) is 4.01. The van der Waals surface area contributed by atoms with Crippen LogP contribution in [0.4, 0.5) is 0 Å². The highest BCUT2D eigenvalue weighted by Crippen LogP contribution is 2.14.